The number of anilines is 1. The number of hydrogen-bond donors (Lipinski definition) is 2. The van der Waals surface area contributed by atoms with Crippen molar-refractivity contribution in [1.29, 1.82) is 0 Å². The van der Waals surface area contributed by atoms with Crippen LogP contribution in [-0.4, -0.2) is 26.0 Å². The van der Waals surface area contributed by atoms with E-state index in [2.05, 4.69) is 15.1 Å². The first kappa shape index (κ1) is 14.6. The summed E-state index contributed by atoms with van der Waals surface area (Å²) in [6, 6.07) is 5.25. The number of aromatic amines is 1. The standard InChI is InChI=1S/C14H11Cl2N5O/c15-9-2-1-8(12(16)3-9)6-21-13(17)11(5-19-21)14-18-4-10(7-22)20-14/h1-5,7H,6,17H2,(H,18,20). The Morgan fingerprint density at radius 3 is 2.82 bits per heavy atom. The predicted octanol–water partition coefficient (Wildman–Crippen LogP) is 3.02. The first-order valence-corrected chi connectivity index (χ1v) is 7.10. The summed E-state index contributed by atoms with van der Waals surface area (Å²) in [5.41, 5.74) is 7.95. The van der Waals surface area contributed by atoms with Crippen LogP contribution < -0.4 is 5.73 Å². The quantitative estimate of drug-likeness (QED) is 0.717. The molecular formula is C14H11Cl2N5O. The number of nitrogens with two attached hydrogens (primary N) is 1. The molecular weight excluding hydrogens is 325 g/mol. The van der Waals surface area contributed by atoms with Crippen molar-refractivity contribution in [1.82, 2.24) is 19.7 Å². The molecule has 0 fully saturated rings. The van der Waals surface area contributed by atoms with Gasteiger partial charge < -0.3 is 10.7 Å². The van der Waals surface area contributed by atoms with Gasteiger partial charge in [0, 0.05) is 10.0 Å². The summed E-state index contributed by atoms with van der Waals surface area (Å²) in [6.07, 6.45) is 3.71. The van der Waals surface area contributed by atoms with E-state index >= 15 is 0 Å². The van der Waals surface area contributed by atoms with Crippen LogP contribution in [0.5, 0.6) is 0 Å². The second kappa shape index (κ2) is 5.82. The zero-order chi connectivity index (χ0) is 15.7. The molecule has 8 heteroatoms. The van der Waals surface area contributed by atoms with Gasteiger partial charge in [0.05, 0.1) is 30.2 Å². The number of nitrogens with one attached hydrogen (secondary N) is 1. The number of carbonyl (C=O) groups excluding carboxylic acids is 1. The number of nitrogens with zero attached hydrogens (tertiary/aromatic N) is 3. The Kier molecular flexibility index (Phi) is 3.87. The molecule has 0 unspecified atom stereocenters. The molecule has 0 spiro atoms. The van der Waals surface area contributed by atoms with E-state index in [0.29, 0.717) is 45.8 Å². The fourth-order valence-electron chi connectivity index (χ4n) is 2.05. The Labute approximate surface area is 135 Å². The molecule has 0 aliphatic carbocycles. The molecule has 0 radical (unpaired) electrons. The number of halogens is 2. The largest absolute Gasteiger partial charge is 0.383 e. The predicted molar refractivity (Wildman–Crippen MR) is 85.2 cm³/mol. The molecule has 0 aliphatic rings. The van der Waals surface area contributed by atoms with Crippen LogP contribution in [0.1, 0.15) is 16.1 Å². The Morgan fingerprint density at radius 2 is 2.14 bits per heavy atom. The Balaban J connectivity index is 1.91. The number of imidazole rings is 1. The first-order chi connectivity index (χ1) is 10.6. The Hall–Kier alpha value is -2.31. The van der Waals surface area contributed by atoms with Gasteiger partial charge in [-0.3, -0.25) is 4.79 Å². The molecule has 0 amide bonds. The summed E-state index contributed by atoms with van der Waals surface area (Å²) < 4.78 is 1.60. The molecule has 2 aromatic heterocycles. The summed E-state index contributed by atoms with van der Waals surface area (Å²) in [5.74, 6) is 0.922. The maximum Gasteiger partial charge on any atom is 0.167 e. The van der Waals surface area contributed by atoms with Gasteiger partial charge in [-0.2, -0.15) is 5.10 Å². The third kappa shape index (κ3) is 2.70. The fourth-order valence-corrected chi connectivity index (χ4v) is 2.51. The van der Waals surface area contributed by atoms with E-state index in [9.17, 15) is 4.79 Å². The number of benzene rings is 1. The van der Waals surface area contributed by atoms with Crippen LogP contribution in [0.2, 0.25) is 10.0 Å². The van der Waals surface area contributed by atoms with Gasteiger partial charge in [0.25, 0.3) is 0 Å². The second-order valence-electron chi connectivity index (χ2n) is 4.64. The molecule has 6 nitrogen and oxygen atoms in total. The molecule has 0 saturated carbocycles. The fraction of sp³-hybridized carbons (Fsp3) is 0.0714. The number of aldehydes is 1. The topological polar surface area (TPSA) is 89.6 Å². The highest BCUT2D eigenvalue weighted by atomic mass is 35.5. The lowest BCUT2D eigenvalue weighted by Crippen LogP contribution is -2.06. The molecule has 2 heterocycles. The third-order valence-corrected chi connectivity index (χ3v) is 3.78. The van der Waals surface area contributed by atoms with E-state index in [1.807, 2.05) is 6.07 Å². The summed E-state index contributed by atoms with van der Waals surface area (Å²) >= 11 is 12.0. The zero-order valence-corrected chi connectivity index (χ0v) is 12.8. The smallest absolute Gasteiger partial charge is 0.167 e. The van der Waals surface area contributed by atoms with Crippen molar-refractivity contribution in [2.24, 2.45) is 0 Å². The molecule has 0 bridgehead atoms. The van der Waals surface area contributed by atoms with E-state index in [0.717, 1.165) is 5.56 Å². The van der Waals surface area contributed by atoms with Gasteiger partial charge in [-0.25, -0.2) is 9.67 Å². The van der Waals surface area contributed by atoms with Gasteiger partial charge in [0.2, 0.25) is 0 Å². The molecule has 112 valence electrons. The van der Waals surface area contributed by atoms with Gasteiger partial charge in [-0.1, -0.05) is 29.3 Å². The SMILES string of the molecule is Nc1c(-c2ncc(C=O)[nH]2)cnn1Cc1ccc(Cl)cc1Cl. The van der Waals surface area contributed by atoms with Crippen molar-refractivity contribution in [2.75, 3.05) is 5.73 Å². The minimum Gasteiger partial charge on any atom is -0.383 e. The minimum absolute atomic E-state index is 0.378. The maximum absolute atomic E-state index is 10.7. The first-order valence-electron chi connectivity index (χ1n) is 6.34. The molecule has 1 aromatic carbocycles. The van der Waals surface area contributed by atoms with E-state index in [1.165, 1.54) is 6.20 Å². The van der Waals surface area contributed by atoms with E-state index in [-0.39, 0.29) is 0 Å². The summed E-state index contributed by atoms with van der Waals surface area (Å²) in [4.78, 5) is 17.7. The lowest BCUT2D eigenvalue weighted by atomic mass is 10.2. The number of hydrogen-bond acceptors (Lipinski definition) is 4. The van der Waals surface area contributed by atoms with Gasteiger partial charge in [-0.05, 0) is 17.7 Å². The van der Waals surface area contributed by atoms with Crippen LogP contribution in [0, 0.1) is 0 Å². The van der Waals surface area contributed by atoms with Crippen molar-refractivity contribution in [3.63, 3.8) is 0 Å². The average Bonchev–Trinajstić information content (AvgIpc) is 3.09. The molecule has 0 atom stereocenters. The second-order valence-corrected chi connectivity index (χ2v) is 5.49. The van der Waals surface area contributed by atoms with Gasteiger partial charge in [-0.15, -0.1) is 0 Å². The van der Waals surface area contributed by atoms with Crippen LogP contribution in [0.25, 0.3) is 11.4 Å². The van der Waals surface area contributed by atoms with Gasteiger partial charge >= 0.3 is 0 Å². The summed E-state index contributed by atoms with van der Waals surface area (Å²) in [5, 5.41) is 5.35. The normalized spacial score (nSPS) is 10.8. The van der Waals surface area contributed by atoms with Crippen LogP contribution in [0.15, 0.2) is 30.6 Å². The molecule has 3 aromatic rings. The highest BCUT2D eigenvalue weighted by Gasteiger charge is 2.14. The lowest BCUT2D eigenvalue weighted by Gasteiger charge is -2.07. The monoisotopic (exact) mass is 335 g/mol. The highest BCUT2D eigenvalue weighted by molar-refractivity contribution is 6.35. The van der Waals surface area contributed by atoms with Crippen molar-refractivity contribution < 1.29 is 4.79 Å². The van der Waals surface area contributed by atoms with Crippen molar-refractivity contribution in [3.8, 4) is 11.4 Å². The summed E-state index contributed by atoms with van der Waals surface area (Å²) in [6.45, 7) is 0.406. The maximum atomic E-state index is 10.7. The zero-order valence-electron chi connectivity index (χ0n) is 11.3. The number of H-pyrrole nitrogens is 1. The number of rotatable bonds is 4. The van der Waals surface area contributed by atoms with Crippen LogP contribution in [0.4, 0.5) is 5.82 Å². The van der Waals surface area contributed by atoms with Gasteiger partial charge in [0.1, 0.15) is 11.6 Å². The number of carbonyl (C=O) groups is 1. The minimum atomic E-state index is 0.378. The average molecular weight is 336 g/mol. The summed E-state index contributed by atoms with van der Waals surface area (Å²) in [7, 11) is 0. The lowest BCUT2D eigenvalue weighted by molar-refractivity contribution is 0.111. The molecule has 22 heavy (non-hydrogen) atoms. The number of aromatic nitrogens is 4. The van der Waals surface area contributed by atoms with Crippen molar-refractivity contribution >= 4 is 35.3 Å². The van der Waals surface area contributed by atoms with Crippen LogP contribution >= 0.6 is 23.2 Å². The number of nitrogen functional groups attached to an aromatic ring is 1. The van der Waals surface area contributed by atoms with Crippen LogP contribution in [0.3, 0.4) is 0 Å². The Bertz CT molecular complexity index is 840. The molecule has 0 saturated heterocycles. The molecule has 3 rings (SSSR count). The Morgan fingerprint density at radius 1 is 1.32 bits per heavy atom. The van der Waals surface area contributed by atoms with Gasteiger partial charge in [0.15, 0.2) is 6.29 Å². The van der Waals surface area contributed by atoms with E-state index in [1.54, 1.807) is 23.0 Å². The van der Waals surface area contributed by atoms with Crippen molar-refractivity contribution in [3.05, 3.63) is 51.9 Å². The van der Waals surface area contributed by atoms with Crippen molar-refractivity contribution in [2.45, 2.75) is 6.54 Å². The van der Waals surface area contributed by atoms with Crippen LogP contribution in [-0.2, 0) is 6.54 Å². The van der Waals surface area contributed by atoms with E-state index in [4.69, 9.17) is 28.9 Å². The highest BCUT2D eigenvalue weighted by Crippen LogP contribution is 2.26. The third-order valence-electron chi connectivity index (χ3n) is 3.19. The van der Waals surface area contributed by atoms with E-state index < -0.39 is 0 Å². The molecule has 0 aliphatic heterocycles. The molecule has 3 N–H and O–H groups in total.